The Balaban J connectivity index is 1.93. The van der Waals surface area contributed by atoms with Gasteiger partial charge < -0.3 is 4.57 Å². The molecule has 0 N–H and O–H groups in total. The minimum atomic E-state index is -0.398. The molecular formula is C18H12Cl3FN2OS. The number of thioether (sulfide) groups is 1. The Hall–Kier alpha value is -1.53. The predicted octanol–water partition coefficient (Wildman–Crippen LogP) is 6.30. The Labute approximate surface area is 169 Å². The van der Waals surface area contributed by atoms with Crippen molar-refractivity contribution in [3.05, 3.63) is 87.1 Å². The lowest BCUT2D eigenvalue weighted by atomic mass is 10.1. The zero-order chi connectivity index (χ0) is 18.7. The first-order chi connectivity index (χ1) is 12.4. The first kappa shape index (κ1) is 19.2. The van der Waals surface area contributed by atoms with Crippen LogP contribution in [0, 0.1) is 5.82 Å². The summed E-state index contributed by atoms with van der Waals surface area (Å²) in [5, 5.41) is 0.593. The molecule has 0 radical (unpaired) electrons. The number of rotatable bonds is 5. The minimum Gasteiger partial charge on any atom is -0.336 e. The zero-order valence-corrected chi connectivity index (χ0v) is 16.3. The number of hydrogen-bond donors (Lipinski definition) is 0. The summed E-state index contributed by atoms with van der Waals surface area (Å²) in [4.78, 5) is 16.7. The zero-order valence-electron chi connectivity index (χ0n) is 13.2. The molecule has 8 heteroatoms. The first-order valence-electron chi connectivity index (χ1n) is 7.51. The number of nitrogens with zero attached hydrogens (tertiary/aromatic N) is 2. The molecule has 2 aromatic carbocycles. The van der Waals surface area contributed by atoms with Crippen LogP contribution in [0.15, 0.2) is 55.1 Å². The van der Waals surface area contributed by atoms with E-state index in [1.807, 2.05) is 4.57 Å². The molecule has 134 valence electrons. The second-order valence-electron chi connectivity index (χ2n) is 5.44. The number of hydrogen-bond acceptors (Lipinski definition) is 3. The van der Waals surface area contributed by atoms with Gasteiger partial charge in [0.25, 0.3) is 0 Å². The summed E-state index contributed by atoms with van der Waals surface area (Å²) in [6.45, 7) is 0.429. The van der Waals surface area contributed by atoms with Crippen LogP contribution in [-0.2, 0) is 6.54 Å². The second kappa shape index (κ2) is 8.44. The molecule has 0 aliphatic carbocycles. The van der Waals surface area contributed by atoms with Gasteiger partial charge in [-0.1, -0.05) is 46.6 Å². The summed E-state index contributed by atoms with van der Waals surface area (Å²) >= 11 is 19.8. The Morgan fingerprint density at radius 1 is 1.15 bits per heavy atom. The van der Waals surface area contributed by atoms with Crippen LogP contribution in [0.3, 0.4) is 0 Å². The maximum Gasteiger partial charge on any atom is 0.220 e. The first-order valence-corrected chi connectivity index (χ1v) is 9.52. The highest BCUT2D eigenvalue weighted by Crippen LogP contribution is 2.42. The maximum atomic E-state index is 13.1. The van der Waals surface area contributed by atoms with Crippen LogP contribution in [0.1, 0.15) is 21.2 Å². The van der Waals surface area contributed by atoms with Crippen molar-refractivity contribution < 1.29 is 9.18 Å². The van der Waals surface area contributed by atoms with Crippen molar-refractivity contribution in [1.82, 2.24) is 9.55 Å². The Kier molecular flexibility index (Phi) is 6.24. The van der Waals surface area contributed by atoms with Gasteiger partial charge in [-0.05, 0) is 36.4 Å². The molecule has 3 rings (SSSR count). The third kappa shape index (κ3) is 4.60. The second-order valence-corrected chi connectivity index (χ2v) is 7.87. The van der Waals surface area contributed by atoms with Crippen LogP contribution in [0.25, 0.3) is 0 Å². The molecule has 1 heterocycles. The van der Waals surface area contributed by atoms with Crippen LogP contribution < -0.4 is 0 Å². The average molecular weight is 430 g/mol. The monoisotopic (exact) mass is 428 g/mol. The molecule has 0 spiro atoms. The van der Waals surface area contributed by atoms with Crippen molar-refractivity contribution >= 4 is 51.7 Å². The van der Waals surface area contributed by atoms with Crippen molar-refractivity contribution in [1.29, 1.82) is 0 Å². The highest BCUT2D eigenvalue weighted by molar-refractivity contribution is 8.14. The molecule has 0 bridgehead atoms. The number of halogens is 4. The minimum absolute atomic E-state index is 0.211. The molecule has 0 fully saturated rings. The summed E-state index contributed by atoms with van der Waals surface area (Å²) in [5.74, 6) is -0.398. The normalized spacial score (nSPS) is 12.2. The molecule has 1 unspecified atom stereocenters. The average Bonchev–Trinajstić information content (AvgIpc) is 3.07. The smallest absolute Gasteiger partial charge is 0.220 e. The third-order valence-electron chi connectivity index (χ3n) is 3.63. The lowest BCUT2D eigenvalue weighted by molar-refractivity contribution is 0.108. The van der Waals surface area contributed by atoms with E-state index in [0.29, 0.717) is 32.7 Å². The Morgan fingerprint density at radius 2 is 1.81 bits per heavy atom. The van der Waals surface area contributed by atoms with E-state index in [-0.39, 0.29) is 10.4 Å². The van der Waals surface area contributed by atoms with E-state index >= 15 is 0 Å². The van der Waals surface area contributed by atoms with E-state index in [1.165, 1.54) is 24.3 Å². The van der Waals surface area contributed by atoms with Gasteiger partial charge in [0.2, 0.25) is 5.12 Å². The van der Waals surface area contributed by atoms with Crippen molar-refractivity contribution in [2.24, 2.45) is 0 Å². The van der Waals surface area contributed by atoms with E-state index in [9.17, 15) is 9.18 Å². The van der Waals surface area contributed by atoms with E-state index < -0.39 is 5.82 Å². The topological polar surface area (TPSA) is 34.9 Å². The standard InChI is InChI=1S/C18H12Cl3FN2OS/c19-12-7-14(20)17(15(21)8-12)16(9-24-6-5-23-10-24)26-18(25)11-1-3-13(22)4-2-11/h1-8,10,16H,9H2. The van der Waals surface area contributed by atoms with Crippen molar-refractivity contribution in [2.45, 2.75) is 11.8 Å². The van der Waals surface area contributed by atoms with E-state index in [1.54, 1.807) is 30.9 Å². The lowest BCUT2D eigenvalue weighted by Gasteiger charge is -2.20. The van der Waals surface area contributed by atoms with Crippen LogP contribution in [-0.4, -0.2) is 14.7 Å². The van der Waals surface area contributed by atoms with Crippen LogP contribution in [0.4, 0.5) is 4.39 Å². The number of benzene rings is 2. The summed E-state index contributed by atoms with van der Waals surface area (Å²) in [5.41, 5.74) is 1.01. The molecular weight excluding hydrogens is 418 g/mol. The maximum absolute atomic E-state index is 13.1. The van der Waals surface area contributed by atoms with E-state index in [0.717, 1.165) is 11.8 Å². The van der Waals surface area contributed by atoms with Gasteiger partial charge >= 0.3 is 0 Å². The fourth-order valence-electron chi connectivity index (χ4n) is 2.42. The van der Waals surface area contributed by atoms with Gasteiger partial charge in [-0.2, -0.15) is 0 Å². The van der Waals surface area contributed by atoms with Crippen molar-refractivity contribution in [3.63, 3.8) is 0 Å². The van der Waals surface area contributed by atoms with Gasteiger partial charge in [-0.15, -0.1) is 0 Å². The van der Waals surface area contributed by atoms with Crippen molar-refractivity contribution in [3.8, 4) is 0 Å². The third-order valence-corrected chi connectivity index (χ3v) is 5.59. The van der Waals surface area contributed by atoms with Gasteiger partial charge in [-0.3, -0.25) is 4.79 Å². The molecule has 0 saturated heterocycles. The molecule has 0 amide bonds. The van der Waals surface area contributed by atoms with Gasteiger partial charge in [0.1, 0.15) is 5.82 Å². The largest absolute Gasteiger partial charge is 0.336 e. The molecule has 0 aliphatic heterocycles. The van der Waals surface area contributed by atoms with Crippen molar-refractivity contribution in [2.75, 3.05) is 0 Å². The number of imidazole rings is 1. The van der Waals surface area contributed by atoms with Gasteiger partial charge in [0.15, 0.2) is 0 Å². The highest BCUT2D eigenvalue weighted by atomic mass is 35.5. The van der Waals surface area contributed by atoms with Crippen LogP contribution in [0.2, 0.25) is 15.1 Å². The van der Waals surface area contributed by atoms with Gasteiger partial charge in [0.05, 0.1) is 11.6 Å². The summed E-state index contributed by atoms with van der Waals surface area (Å²) in [6.07, 6.45) is 5.08. The fourth-order valence-corrected chi connectivity index (χ4v) is 4.78. The van der Waals surface area contributed by atoms with Crippen LogP contribution >= 0.6 is 46.6 Å². The molecule has 0 aliphatic rings. The summed E-state index contributed by atoms with van der Waals surface area (Å²) in [7, 11) is 0. The number of carbonyl (C=O) groups is 1. The van der Waals surface area contributed by atoms with Gasteiger partial charge in [-0.25, -0.2) is 9.37 Å². The lowest BCUT2D eigenvalue weighted by Crippen LogP contribution is -2.09. The fraction of sp³-hybridized carbons (Fsp3) is 0.111. The van der Waals surface area contributed by atoms with E-state index in [4.69, 9.17) is 34.8 Å². The Bertz CT molecular complexity index is 894. The van der Waals surface area contributed by atoms with E-state index in [2.05, 4.69) is 4.98 Å². The Morgan fingerprint density at radius 3 is 2.38 bits per heavy atom. The summed E-state index contributed by atoms with van der Waals surface area (Å²) in [6, 6.07) is 8.58. The molecule has 1 aromatic heterocycles. The summed E-state index contributed by atoms with van der Waals surface area (Å²) < 4.78 is 14.9. The van der Waals surface area contributed by atoms with Gasteiger partial charge in [0, 0.05) is 45.1 Å². The number of aromatic nitrogens is 2. The molecule has 3 nitrogen and oxygen atoms in total. The highest BCUT2D eigenvalue weighted by Gasteiger charge is 2.24. The molecule has 1 atom stereocenters. The predicted molar refractivity (Wildman–Crippen MR) is 105 cm³/mol. The quantitative estimate of drug-likeness (QED) is 0.477. The molecule has 26 heavy (non-hydrogen) atoms. The number of carbonyl (C=O) groups excluding carboxylic acids is 1. The molecule has 0 saturated carbocycles. The SMILES string of the molecule is O=C(SC(Cn1ccnc1)c1c(Cl)cc(Cl)cc1Cl)c1ccc(F)cc1. The molecule has 3 aromatic rings. The van der Waals surface area contributed by atoms with Crippen LogP contribution in [0.5, 0.6) is 0 Å².